The molecule has 0 aromatic carbocycles. The van der Waals surface area contributed by atoms with E-state index in [0.717, 1.165) is 25.3 Å². The average Bonchev–Trinajstić information content (AvgIpc) is 3.23. The van der Waals surface area contributed by atoms with Crippen molar-refractivity contribution in [3.63, 3.8) is 0 Å². The summed E-state index contributed by atoms with van der Waals surface area (Å²) in [7, 11) is 0. The number of hydrogen-bond acceptors (Lipinski definition) is 3. The van der Waals surface area contributed by atoms with E-state index in [2.05, 4.69) is 28.7 Å². The molecule has 0 spiro atoms. The minimum absolute atomic E-state index is 0.691. The summed E-state index contributed by atoms with van der Waals surface area (Å²) in [6.07, 6.45) is 7.92. The lowest BCUT2D eigenvalue weighted by Gasteiger charge is -2.26. The molecule has 0 bridgehead atoms. The third-order valence-corrected chi connectivity index (χ3v) is 4.53. The van der Waals surface area contributed by atoms with Gasteiger partial charge < -0.3 is 0 Å². The Morgan fingerprint density at radius 2 is 2.06 bits per heavy atom. The minimum atomic E-state index is 0.691. The predicted molar refractivity (Wildman–Crippen MR) is 72.7 cm³/mol. The van der Waals surface area contributed by atoms with E-state index in [-0.39, 0.29) is 0 Å². The van der Waals surface area contributed by atoms with Gasteiger partial charge in [0, 0.05) is 37.2 Å². The number of rotatable bonds is 3. The highest BCUT2D eigenvalue weighted by Crippen LogP contribution is 2.41. The predicted octanol–water partition coefficient (Wildman–Crippen LogP) is 2.55. The van der Waals surface area contributed by atoms with Crippen molar-refractivity contribution in [2.75, 3.05) is 13.1 Å². The molecule has 0 radical (unpaired) electrons. The standard InChI is InChI=1S/C15H23N3/c1-3-11(2)18-8-6-13-14(7-9-18)16-10-17-15(13)12-4-5-12/h10-12H,3-9H2,1-2H3/t11-/m1/s1. The minimum Gasteiger partial charge on any atom is -0.300 e. The summed E-state index contributed by atoms with van der Waals surface area (Å²) in [5.74, 6) is 0.747. The fourth-order valence-corrected chi connectivity index (χ4v) is 2.98. The van der Waals surface area contributed by atoms with Crippen LogP contribution in [0, 0.1) is 0 Å². The van der Waals surface area contributed by atoms with Crippen molar-refractivity contribution in [3.8, 4) is 0 Å². The Bertz CT molecular complexity index is 426. The Kier molecular flexibility index (Phi) is 3.33. The molecule has 1 aliphatic heterocycles. The Hall–Kier alpha value is -0.960. The van der Waals surface area contributed by atoms with Crippen LogP contribution in [0.3, 0.4) is 0 Å². The molecular formula is C15H23N3. The van der Waals surface area contributed by atoms with E-state index in [0.29, 0.717) is 6.04 Å². The second-order valence-corrected chi connectivity index (χ2v) is 5.75. The number of fused-ring (bicyclic) bond motifs is 1. The Morgan fingerprint density at radius 3 is 2.78 bits per heavy atom. The van der Waals surface area contributed by atoms with Crippen molar-refractivity contribution in [1.29, 1.82) is 0 Å². The lowest BCUT2D eigenvalue weighted by atomic mass is 10.0. The molecule has 3 heteroatoms. The molecule has 0 unspecified atom stereocenters. The number of aromatic nitrogens is 2. The molecule has 2 heterocycles. The summed E-state index contributed by atoms with van der Waals surface area (Å²) in [4.78, 5) is 11.7. The number of nitrogens with zero attached hydrogens (tertiary/aromatic N) is 3. The monoisotopic (exact) mass is 245 g/mol. The van der Waals surface area contributed by atoms with Gasteiger partial charge in [-0.05, 0) is 38.2 Å². The van der Waals surface area contributed by atoms with Crippen molar-refractivity contribution in [2.45, 2.75) is 57.9 Å². The summed E-state index contributed by atoms with van der Waals surface area (Å²) in [6.45, 7) is 6.94. The fraction of sp³-hybridized carbons (Fsp3) is 0.733. The van der Waals surface area contributed by atoms with Gasteiger partial charge in [0.1, 0.15) is 6.33 Å². The highest BCUT2D eigenvalue weighted by Gasteiger charge is 2.30. The molecule has 1 fully saturated rings. The maximum Gasteiger partial charge on any atom is 0.115 e. The molecule has 18 heavy (non-hydrogen) atoms. The van der Waals surface area contributed by atoms with Gasteiger partial charge in [-0.2, -0.15) is 0 Å². The normalized spacial score (nSPS) is 22.3. The lowest BCUT2D eigenvalue weighted by Crippen LogP contribution is -2.34. The first kappa shape index (κ1) is 12.1. The van der Waals surface area contributed by atoms with Gasteiger partial charge in [-0.15, -0.1) is 0 Å². The summed E-state index contributed by atoms with van der Waals surface area (Å²) >= 11 is 0. The first-order valence-corrected chi connectivity index (χ1v) is 7.36. The summed E-state index contributed by atoms with van der Waals surface area (Å²) in [5, 5.41) is 0. The van der Waals surface area contributed by atoms with E-state index in [1.54, 1.807) is 6.33 Å². The van der Waals surface area contributed by atoms with Crippen LogP contribution in [0.1, 0.15) is 56.0 Å². The molecular weight excluding hydrogens is 222 g/mol. The zero-order valence-electron chi connectivity index (χ0n) is 11.5. The van der Waals surface area contributed by atoms with Crippen molar-refractivity contribution < 1.29 is 0 Å². The van der Waals surface area contributed by atoms with Crippen LogP contribution in [-0.2, 0) is 12.8 Å². The van der Waals surface area contributed by atoms with Gasteiger partial charge in [0.2, 0.25) is 0 Å². The third kappa shape index (κ3) is 2.28. The molecule has 1 saturated carbocycles. The van der Waals surface area contributed by atoms with Gasteiger partial charge in [0.25, 0.3) is 0 Å². The fourth-order valence-electron chi connectivity index (χ4n) is 2.98. The summed E-state index contributed by atoms with van der Waals surface area (Å²) < 4.78 is 0. The quantitative estimate of drug-likeness (QED) is 0.819. The largest absolute Gasteiger partial charge is 0.300 e. The second-order valence-electron chi connectivity index (χ2n) is 5.75. The molecule has 3 nitrogen and oxygen atoms in total. The van der Waals surface area contributed by atoms with Crippen LogP contribution in [-0.4, -0.2) is 34.0 Å². The van der Waals surface area contributed by atoms with E-state index in [9.17, 15) is 0 Å². The molecule has 98 valence electrons. The van der Waals surface area contributed by atoms with Crippen LogP contribution >= 0.6 is 0 Å². The smallest absolute Gasteiger partial charge is 0.115 e. The zero-order valence-corrected chi connectivity index (χ0v) is 11.5. The molecule has 2 aliphatic rings. The van der Waals surface area contributed by atoms with Gasteiger partial charge in [0.05, 0.1) is 5.69 Å². The van der Waals surface area contributed by atoms with Crippen molar-refractivity contribution >= 4 is 0 Å². The first-order chi connectivity index (χ1) is 8.79. The van der Waals surface area contributed by atoms with Crippen LogP contribution in [0.5, 0.6) is 0 Å². The van der Waals surface area contributed by atoms with E-state index >= 15 is 0 Å². The molecule has 1 aromatic rings. The van der Waals surface area contributed by atoms with Crippen LogP contribution in [0.2, 0.25) is 0 Å². The highest BCUT2D eigenvalue weighted by atomic mass is 15.1. The first-order valence-electron chi connectivity index (χ1n) is 7.36. The van der Waals surface area contributed by atoms with Gasteiger partial charge in [0.15, 0.2) is 0 Å². The van der Waals surface area contributed by atoms with Crippen LogP contribution in [0.4, 0.5) is 0 Å². The molecule has 0 amide bonds. The lowest BCUT2D eigenvalue weighted by molar-refractivity contribution is 0.213. The summed E-state index contributed by atoms with van der Waals surface area (Å²) in [6, 6.07) is 0.691. The average molecular weight is 245 g/mol. The molecule has 1 atom stereocenters. The van der Waals surface area contributed by atoms with Crippen molar-refractivity contribution in [2.24, 2.45) is 0 Å². The van der Waals surface area contributed by atoms with Crippen LogP contribution in [0.15, 0.2) is 6.33 Å². The van der Waals surface area contributed by atoms with E-state index in [1.165, 1.54) is 42.8 Å². The summed E-state index contributed by atoms with van der Waals surface area (Å²) in [5.41, 5.74) is 4.16. The van der Waals surface area contributed by atoms with Gasteiger partial charge in [-0.1, -0.05) is 6.92 Å². The maximum atomic E-state index is 4.56. The SMILES string of the molecule is CC[C@@H](C)N1CCc2ncnc(C3CC3)c2CC1. The number of hydrogen-bond donors (Lipinski definition) is 0. The van der Waals surface area contributed by atoms with E-state index in [4.69, 9.17) is 0 Å². The zero-order chi connectivity index (χ0) is 12.5. The molecule has 1 aromatic heterocycles. The van der Waals surface area contributed by atoms with Crippen LogP contribution < -0.4 is 0 Å². The Labute approximate surface area is 110 Å². The Balaban J connectivity index is 1.82. The third-order valence-electron chi connectivity index (χ3n) is 4.53. The molecule has 0 N–H and O–H groups in total. The Morgan fingerprint density at radius 1 is 1.28 bits per heavy atom. The van der Waals surface area contributed by atoms with Crippen molar-refractivity contribution in [3.05, 3.63) is 23.3 Å². The van der Waals surface area contributed by atoms with Gasteiger partial charge >= 0.3 is 0 Å². The van der Waals surface area contributed by atoms with Crippen LogP contribution in [0.25, 0.3) is 0 Å². The van der Waals surface area contributed by atoms with E-state index < -0.39 is 0 Å². The molecule has 3 rings (SSSR count). The second kappa shape index (κ2) is 4.96. The van der Waals surface area contributed by atoms with E-state index in [1.807, 2.05) is 0 Å². The maximum absolute atomic E-state index is 4.56. The topological polar surface area (TPSA) is 29.0 Å². The molecule has 1 aliphatic carbocycles. The highest BCUT2D eigenvalue weighted by molar-refractivity contribution is 5.31. The van der Waals surface area contributed by atoms with Crippen molar-refractivity contribution in [1.82, 2.24) is 14.9 Å². The van der Waals surface area contributed by atoms with Gasteiger partial charge in [-0.3, -0.25) is 4.90 Å². The van der Waals surface area contributed by atoms with Gasteiger partial charge in [-0.25, -0.2) is 9.97 Å². The molecule has 0 saturated heterocycles.